The van der Waals surface area contributed by atoms with Gasteiger partial charge in [0.05, 0.1) is 17.0 Å². The number of anilines is 10. The summed E-state index contributed by atoms with van der Waals surface area (Å²) < 4.78 is 2.27. The lowest BCUT2D eigenvalue weighted by atomic mass is 9.66. The van der Waals surface area contributed by atoms with Crippen LogP contribution >= 0.6 is 38.5 Å². The maximum Gasteiger partial charge on any atom is 0.0711 e. The summed E-state index contributed by atoms with van der Waals surface area (Å²) >= 11 is 6.56. The number of nitrogens with two attached hydrogens (primary N) is 1. The van der Waals surface area contributed by atoms with Crippen LogP contribution in [0.25, 0.3) is 11.1 Å². The van der Waals surface area contributed by atoms with Gasteiger partial charge in [0.1, 0.15) is 0 Å². The van der Waals surface area contributed by atoms with Gasteiger partial charge in [-0.25, -0.2) is 0 Å². The molecule has 0 radical (unpaired) electrons. The monoisotopic (exact) mass is 1560 g/mol. The zero-order valence-corrected chi connectivity index (χ0v) is 66.4. The van der Waals surface area contributed by atoms with Crippen LogP contribution < -0.4 is 41.3 Å². The van der Waals surface area contributed by atoms with E-state index in [1.807, 2.05) is 0 Å². The number of benzene rings is 9. The van der Waals surface area contributed by atoms with Crippen LogP contribution in [0.2, 0.25) is 0 Å². The van der Waals surface area contributed by atoms with Gasteiger partial charge in [-0.15, -0.1) is 0 Å². The van der Waals surface area contributed by atoms with Crippen molar-refractivity contribution in [1.29, 1.82) is 0 Å². The zero-order chi connectivity index (χ0) is 72.9. The van der Waals surface area contributed by atoms with E-state index in [1.54, 1.807) is 0 Å². The molecule has 5 N–H and O–H groups in total. The number of nitrogens with zero attached hydrogens (tertiary/aromatic N) is 4. The number of rotatable bonds is 32. The van der Waals surface area contributed by atoms with E-state index in [9.17, 15) is 0 Å². The fourth-order valence-corrected chi connectivity index (χ4v) is 16.7. The molecule has 5 atom stereocenters. The van der Waals surface area contributed by atoms with Gasteiger partial charge in [-0.3, -0.25) is 0 Å². The van der Waals surface area contributed by atoms with Crippen molar-refractivity contribution in [1.82, 2.24) is 5.32 Å². The predicted molar refractivity (Wildman–Crippen MR) is 462 cm³/mol. The van der Waals surface area contributed by atoms with E-state index in [0.717, 1.165) is 145 Å². The standard InChI is InChI=1S/C95H106BrIN8/c1-8-13-18-69-21-39-79(40-22-69)102(80-41-23-70(24-42-80)93(98)17-12-5)84-53-55-85(56-54-84)103(83-47-31-75(32-48-83)99-63-14-9-2)81-43-25-71(26-44-81)95(91-66-73(96)29-57-89(91)90-58-30-74(97)67-92(90)95)72-27-45-82(46-28-72)104(78-37-19-68(6)20-38-78)86-59-61-94(7,62-60-86)105(87-49-33-76(34-50-87)100-64-15-10-3)88-51-35-77(36-52-88)101-65-16-11-4/h19-35,37-43,45-61,66-67,77,81,93,99-101H,8-18,36,44,62-65,98H2,1-7H3. The molecule has 540 valence electrons. The number of hydrogen-bond donors (Lipinski definition) is 4. The van der Waals surface area contributed by atoms with Gasteiger partial charge < -0.3 is 41.3 Å². The van der Waals surface area contributed by atoms with Crippen molar-refractivity contribution in [3.63, 3.8) is 0 Å². The summed E-state index contributed by atoms with van der Waals surface area (Å²) in [6.07, 6.45) is 36.8. The second-order valence-electron chi connectivity index (χ2n) is 29.3. The van der Waals surface area contributed by atoms with E-state index in [0.29, 0.717) is 6.04 Å². The number of halogens is 2. The van der Waals surface area contributed by atoms with Gasteiger partial charge in [-0.2, -0.15) is 0 Å². The van der Waals surface area contributed by atoms with E-state index < -0.39 is 5.41 Å². The van der Waals surface area contributed by atoms with Crippen molar-refractivity contribution in [3.8, 4) is 11.1 Å². The second kappa shape index (κ2) is 34.7. The highest BCUT2D eigenvalue weighted by Crippen LogP contribution is 2.59. The summed E-state index contributed by atoms with van der Waals surface area (Å²) in [5, 5.41) is 11.1. The minimum Gasteiger partial charge on any atom is -0.385 e. The quantitative estimate of drug-likeness (QED) is 0.0246. The Morgan fingerprint density at radius 3 is 1.63 bits per heavy atom. The van der Waals surface area contributed by atoms with Gasteiger partial charge in [0, 0.05) is 101 Å². The topological polar surface area (TPSA) is 75.1 Å². The molecule has 0 fully saturated rings. The van der Waals surface area contributed by atoms with E-state index in [1.165, 1.54) is 90.7 Å². The first-order chi connectivity index (χ1) is 51.3. The molecule has 9 aromatic carbocycles. The Balaban J connectivity index is 0.860. The molecule has 0 saturated heterocycles. The Morgan fingerprint density at radius 1 is 0.514 bits per heavy atom. The Hall–Kier alpha value is -8.65. The highest BCUT2D eigenvalue weighted by molar-refractivity contribution is 14.1. The van der Waals surface area contributed by atoms with Crippen LogP contribution in [-0.4, -0.2) is 37.3 Å². The lowest BCUT2D eigenvalue weighted by Gasteiger charge is -2.44. The highest BCUT2D eigenvalue weighted by Gasteiger charge is 2.48. The normalized spacial score (nSPS) is 18.2. The largest absolute Gasteiger partial charge is 0.385 e. The molecule has 0 saturated carbocycles. The molecule has 10 heteroatoms. The zero-order valence-electron chi connectivity index (χ0n) is 62.7. The van der Waals surface area contributed by atoms with Crippen LogP contribution in [-0.2, 0) is 11.8 Å². The smallest absolute Gasteiger partial charge is 0.0711 e. The van der Waals surface area contributed by atoms with E-state index in [4.69, 9.17) is 5.73 Å². The van der Waals surface area contributed by atoms with Gasteiger partial charge in [-0.1, -0.05) is 191 Å². The second-order valence-corrected chi connectivity index (χ2v) is 31.5. The highest BCUT2D eigenvalue weighted by atomic mass is 127. The van der Waals surface area contributed by atoms with Crippen LogP contribution in [0.5, 0.6) is 0 Å². The average molecular weight is 1570 g/mol. The summed E-state index contributed by atoms with van der Waals surface area (Å²) in [5.41, 5.74) is 30.7. The molecule has 5 unspecified atom stereocenters. The fraction of sp³-hybridized carbons (Fsp3) is 0.305. The Bertz CT molecular complexity index is 4520. The number of aryl methyl sites for hydroxylation is 2. The molecule has 0 heterocycles. The molecule has 0 amide bonds. The van der Waals surface area contributed by atoms with Crippen molar-refractivity contribution < 1.29 is 0 Å². The number of allylic oxidation sites excluding steroid dienone is 4. The van der Waals surface area contributed by atoms with Crippen LogP contribution in [0.15, 0.2) is 282 Å². The molecular formula is C95H106BrIN8. The van der Waals surface area contributed by atoms with Gasteiger partial charge in [0.15, 0.2) is 0 Å². The van der Waals surface area contributed by atoms with E-state index >= 15 is 0 Å². The SMILES string of the molecule is CCCCNc1ccc(N(c2ccc(N(c3ccc(CCCC)cc3)c3ccc(C(N)CCC)cc3)cc2)C2C=CC(C3(c4ccc(N(C5=CCC(C)(N(C6=CCC(NCCCC)C=C6)c6ccc(NCCCC)cc6)C=C5)c5ccc(C)cc5)cc4)c4cc(Br)ccc4-c4ccc(I)cc43)=CC2)cc1. The summed E-state index contributed by atoms with van der Waals surface area (Å²) in [4.78, 5) is 9.96. The fourth-order valence-electron chi connectivity index (χ4n) is 15.9. The van der Waals surface area contributed by atoms with Gasteiger partial charge >= 0.3 is 0 Å². The number of hydrogen-bond acceptors (Lipinski definition) is 8. The lowest BCUT2D eigenvalue weighted by Crippen LogP contribution is -2.46. The summed E-state index contributed by atoms with van der Waals surface area (Å²) in [7, 11) is 0. The third-order valence-electron chi connectivity index (χ3n) is 21.7. The molecule has 8 nitrogen and oxygen atoms in total. The van der Waals surface area contributed by atoms with Gasteiger partial charge in [0.25, 0.3) is 0 Å². The van der Waals surface area contributed by atoms with Gasteiger partial charge in [0.2, 0.25) is 0 Å². The molecule has 13 rings (SSSR count). The first-order valence-corrected chi connectivity index (χ1v) is 40.8. The molecule has 0 aromatic heterocycles. The Morgan fingerprint density at radius 2 is 1.06 bits per heavy atom. The third kappa shape index (κ3) is 16.7. The molecule has 0 aliphatic heterocycles. The molecule has 4 aliphatic carbocycles. The lowest BCUT2D eigenvalue weighted by molar-refractivity contribution is 0.540. The minimum atomic E-state index is -0.646. The predicted octanol–water partition coefficient (Wildman–Crippen LogP) is 25.7. The molecule has 105 heavy (non-hydrogen) atoms. The molecule has 0 bridgehead atoms. The maximum atomic E-state index is 6.70. The van der Waals surface area contributed by atoms with Crippen LogP contribution in [0.4, 0.5) is 56.9 Å². The van der Waals surface area contributed by atoms with Crippen LogP contribution in [0.3, 0.4) is 0 Å². The maximum absolute atomic E-state index is 6.70. The number of unbranched alkanes of at least 4 members (excludes halogenated alkanes) is 4. The van der Waals surface area contributed by atoms with E-state index in [2.05, 4.69) is 383 Å². The number of nitrogens with one attached hydrogen (secondary N) is 3. The molecule has 4 aliphatic rings. The summed E-state index contributed by atoms with van der Waals surface area (Å²) in [6.45, 7) is 18.7. The summed E-state index contributed by atoms with van der Waals surface area (Å²) in [5.74, 6) is 0. The van der Waals surface area contributed by atoms with Crippen molar-refractivity contribution in [2.45, 2.75) is 167 Å². The summed E-state index contributed by atoms with van der Waals surface area (Å²) in [6, 6.07) is 78.5. The first-order valence-electron chi connectivity index (χ1n) is 38.9. The Labute approximate surface area is 649 Å². The number of fused-ring (bicyclic) bond motifs is 3. The molecular weight excluding hydrogens is 1460 g/mol. The third-order valence-corrected chi connectivity index (χ3v) is 22.9. The van der Waals surface area contributed by atoms with Crippen LogP contribution in [0.1, 0.15) is 164 Å². The van der Waals surface area contributed by atoms with Gasteiger partial charge in [-0.05, 0) is 303 Å². The van der Waals surface area contributed by atoms with E-state index in [-0.39, 0.29) is 17.6 Å². The Kier molecular flexibility index (Phi) is 24.7. The van der Waals surface area contributed by atoms with Crippen molar-refractivity contribution in [3.05, 3.63) is 319 Å². The van der Waals surface area contributed by atoms with Crippen LogP contribution in [0, 0.1) is 10.5 Å². The van der Waals surface area contributed by atoms with Crippen molar-refractivity contribution in [2.75, 3.05) is 49.9 Å². The average Bonchev–Trinajstić information content (AvgIpc) is 1.55. The molecule has 9 aromatic rings. The molecule has 0 spiro atoms. The van der Waals surface area contributed by atoms with Crippen molar-refractivity contribution in [2.24, 2.45) is 5.73 Å². The van der Waals surface area contributed by atoms with Crippen molar-refractivity contribution >= 4 is 95.4 Å². The minimum absolute atomic E-state index is 0.00355. The first kappa shape index (κ1) is 74.6.